The number of halogens is 2. The van der Waals surface area contributed by atoms with E-state index in [0.29, 0.717) is 6.61 Å². The summed E-state index contributed by atoms with van der Waals surface area (Å²) >= 11 is 11.5. The molecule has 1 N–H and O–H groups in total. The Labute approximate surface area is 116 Å². The second-order valence-electron chi connectivity index (χ2n) is 3.79. The molecule has 1 heterocycles. The molecular formula is C11H15Cl2N3O2. The molecule has 1 amide bonds. The fourth-order valence-corrected chi connectivity index (χ4v) is 1.85. The maximum atomic E-state index is 12.0. The molecule has 0 saturated carbocycles. The molecule has 0 radical (unpaired) electrons. The quantitative estimate of drug-likeness (QED) is 0.874. The van der Waals surface area contributed by atoms with Crippen LogP contribution in [0.1, 0.15) is 30.1 Å². The highest BCUT2D eigenvalue weighted by molar-refractivity contribution is 6.34. The Morgan fingerprint density at radius 1 is 1.50 bits per heavy atom. The fraction of sp³-hybridized carbons (Fsp3) is 0.545. The van der Waals surface area contributed by atoms with Gasteiger partial charge in [0, 0.05) is 7.11 Å². The van der Waals surface area contributed by atoms with Crippen molar-refractivity contribution >= 4 is 29.1 Å². The number of aromatic nitrogens is 2. The largest absolute Gasteiger partial charge is 0.383 e. The molecule has 0 spiro atoms. The van der Waals surface area contributed by atoms with Crippen LogP contribution in [0.4, 0.5) is 0 Å². The van der Waals surface area contributed by atoms with Gasteiger partial charge in [-0.1, -0.05) is 36.5 Å². The maximum absolute atomic E-state index is 12.0. The maximum Gasteiger partial charge on any atom is 0.254 e. The SMILES string of the molecule is CCCC(COC)NC(=O)c1cc(Cl)nnc1Cl. The Hall–Kier alpha value is -0.910. The second kappa shape index (κ2) is 7.51. The summed E-state index contributed by atoms with van der Waals surface area (Å²) in [6.07, 6.45) is 1.76. The third-order valence-corrected chi connectivity index (χ3v) is 2.77. The zero-order valence-electron chi connectivity index (χ0n) is 10.2. The van der Waals surface area contributed by atoms with E-state index in [9.17, 15) is 4.79 Å². The molecule has 0 bridgehead atoms. The Balaban J connectivity index is 2.76. The number of ether oxygens (including phenoxy) is 1. The van der Waals surface area contributed by atoms with Gasteiger partial charge in [0.2, 0.25) is 0 Å². The van der Waals surface area contributed by atoms with Crippen LogP contribution < -0.4 is 5.32 Å². The summed E-state index contributed by atoms with van der Waals surface area (Å²) in [6.45, 7) is 2.48. The van der Waals surface area contributed by atoms with E-state index >= 15 is 0 Å². The first-order chi connectivity index (χ1) is 8.58. The topological polar surface area (TPSA) is 64.1 Å². The van der Waals surface area contributed by atoms with Crippen molar-refractivity contribution in [2.75, 3.05) is 13.7 Å². The molecule has 0 aliphatic heterocycles. The number of hydrogen-bond donors (Lipinski definition) is 1. The van der Waals surface area contributed by atoms with E-state index in [1.807, 2.05) is 6.92 Å². The molecule has 1 aromatic heterocycles. The minimum Gasteiger partial charge on any atom is -0.383 e. The van der Waals surface area contributed by atoms with Crippen LogP contribution in [0.5, 0.6) is 0 Å². The van der Waals surface area contributed by atoms with Gasteiger partial charge in [-0.2, -0.15) is 0 Å². The molecule has 100 valence electrons. The standard InChI is InChI=1S/C11H15Cl2N3O2/c1-3-4-7(6-18-2)14-11(17)8-5-9(12)15-16-10(8)13/h5,7H,3-4,6H2,1-2H3,(H,14,17). The van der Waals surface area contributed by atoms with E-state index in [1.54, 1.807) is 7.11 Å². The molecule has 0 aliphatic rings. The summed E-state index contributed by atoms with van der Waals surface area (Å²) in [4.78, 5) is 12.0. The van der Waals surface area contributed by atoms with E-state index in [0.717, 1.165) is 12.8 Å². The number of nitrogens with one attached hydrogen (secondary N) is 1. The molecule has 5 nitrogen and oxygen atoms in total. The van der Waals surface area contributed by atoms with E-state index in [4.69, 9.17) is 27.9 Å². The van der Waals surface area contributed by atoms with Gasteiger partial charge < -0.3 is 10.1 Å². The van der Waals surface area contributed by atoms with Crippen LogP contribution in [-0.4, -0.2) is 35.9 Å². The van der Waals surface area contributed by atoms with Gasteiger partial charge in [-0.15, -0.1) is 10.2 Å². The number of nitrogens with zero attached hydrogens (tertiary/aromatic N) is 2. The summed E-state index contributed by atoms with van der Waals surface area (Å²) in [7, 11) is 1.59. The van der Waals surface area contributed by atoms with E-state index in [1.165, 1.54) is 6.07 Å². The average Bonchev–Trinajstić information content (AvgIpc) is 2.33. The highest BCUT2D eigenvalue weighted by Crippen LogP contribution is 2.15. The fourth-order valence-electron chi connectivity index (χ4n) is 1.52. The summed E-state index contributed by atoms with van der Waals surface area (Å²) in [5, 5.41) is 10.1. The van der Waals surface area contributed by atoms with Gasteiger partial charge in [-0.05, 0) is 12.5 Å². The number of amides is 1. The molecule has 1 unspecified atom stereocenters. The van der Waals surface area contributed by atoms with Crippen molar-refractivity contribution < 1.29 is 9.53 Å². The minimum atomic E-state index is -0.327. The second-order valence-corrected chi connectivity index (χ2v) is 4.53. The number of rotatable bonds is 6. The van der Waals surface area contributed by atoms with Crippen molar-refractivity contribution in [3.05, 3.63) is 21.9 Å². The van der Waals surface area contributed by atoms with Gasteiger partial charge >= 0.3 is 0 Å². The van der Waals surface area contributed by atoms with Crippen LogP contribution in [0, 0.1) is 0 Å². The molecule has 1 aromatic rings. The third-order valence-electron chi connectivity index (χ3n) is 2.30. The summed E-state index contributed by atoms with van der Waals surface area (Å²) in [5.41, 5.74) is 0.217. The van der Waals surface area contributed by atoms with Gasteiger partial charge in [-0.3, -0.25) is 4.79 Å². The number of carbonyl (C=O) groups is 1. The molecule has 0 saturated heterocycles. The lowest BCUT2D eigenvalue weighted by molar-refractivity contribution is 0.0891. The number of hydrogen-bond acceptors (Lipinski definition) is 4. The normalized spacial score (nSPS) is 12.2. The van der Waals surface area contributed by atoms with Crippen LogP contribution >= 0.6 is 23.2 Å². The van der Waals surface area contributed by atoms with Crippen molar-refractivity contribution in [1.82, 2.24) is 15.5 Å². The van der Waals surface area contributed by atoms with Crippen LogP contribution in [0.25, 0.3) is 0 Å². The number of carbonyl (C=O) groups excluding carboxylic acids is 1. The lowest BCUT2D eigenvalue weighted by atomic mass is 10.1. The predicted molar refractivity (Wildman–Crippen MR) is 70.1 cm³/mol. The van der Waals surface area contributed by atoms with Gasteiger partial charge in [0.05, 0.1) is 18.2 Å². The van der Waals surface area contributed by atoms with Crippen molar-refractivity contribution in [3.8, 4) is 0 Å². The lowest BCUT2D eigenvalue weighted by Gasteiger charge is -2.17. The number of methoxy groups -OCH3 is 1. The molecule has 0 aliphatic carbocycles. The van der Waals surface area contributed by atoms with Gasteiger partial charge in [0.25, 0.3) is 5.91 Å². The molecule has 7 heteroatoms. The average molecular weight is 292 g/mol. The van der Waals surface area contributed by atoms with E-state index in [-0.39, 0.29) is 27.8 Å². The predicted octanol–water partition coefficient (Wildman–Crippen LogP) is 2.33. The molecule has 1 rings (SSSR count). The lowest BCUT2D eigenvalue weighted by Crippen LogP contribution is -2.38. The third kappa shape index (κ3) is 4.40. The van der Waals surface area contributed by atoms with Crippen LogP contribution in [0.15, 0.2) is 6.07 Å². The molecular weight excluding hydrogens is 277 g/mol. The molecule has 0 aromatic carbocycles. The van der Waals surface area contributed by atoms with Crippen LogP contribution in [0.2, 0.25) is 10.3 Å². The zero-order chi connectivity index (χ0) is 13.5. The first kappa shape index (κ1) is 15.1. The Kier molecular flexibility index (Phi) is 6.32. The van der Waals surface area contributed by atoms with Gasteiger partial charge in [0.15, 0.2) is 10.3 Å². The first-order valence-corrected chi connectivity index (χ1v) is 6.32. The van der Waals surface area contributed by atoms with Crippen LogP contribution in [-0.2, 0) is 4.74 Å². The summed E-state index contributed by atoms with van der Waals surface area (Å²) in [6, 6.07) is 1.33. The smallest absolute Gasteiger partial charge is 0.254 e. The van der Waals surface area contributed by atoms with E-state index in [2.05, 4.69) is 15.5 Å². The van der Waals surface area contributed by atoms with Crippen molar-refractivity contribution in [2.45, 2.75) is 25.8 Å². The van der Waals surface area contributed by atoms with Crippen molar-refractivity contribution in [3.63, 3.8) is 0 Å². The first-order valence-electron chi connectivity index (χ1n) is 5.57. The minimum absolute atomic E-state index is 0.0320. The Morgan fingerprint density at radius 2 is 2.22 bits per heavy atom. The van der Waals surface area contributed by atoms with Crippen LogP contribution in [0.3, 0.4) is 0 Å². The Morgan fingerprint density at radius 3 is 2.83 bits per heavy atom. The molecule has 0 fully saturated rings. The summed E-state index contributed by atoms with van der Waals surface area (Å²) < 4.78 is 5.05. The highest BCUT2D eigenvalue weighted by atomic mass is 35.5. The molecule has 18 heavy (non-hydrogen) atoms. The summed E-state index contributed by atoms with van der Waals surface area (Å²) in [5.74, 6) is -0.327. The monoisotopic (exact) mass is 291 g/mol. The van der Waals surface area contributed by atoms with Gasteiger partial charge in [-0.25, -0.2) is 0 Å². The van der Waals surface area contributed by atoms with E-state index < -0.39 is 0 Å². The molecule has 1 atom stereocenters. The van der Waals surface area contributed by atoms with Crippen molar-refractivity contribution in [1.29, 1.82) is 0 Å². The highest BCUT2D eigenvalue weighted by Gasteiger charge is 2.17. The van der Waals surface area contributed by atoms with Crippen molar-refractivity contribution in [2.24, 2.45) is 0 Å². The van der Waals surface area contributed by atoms with Gasteiger partial charge in [0.1, 0.15) is 0 Å². The zero-order valence-corrected chi connectivity index (χ0v) is 11.8. The Bertz CT molecular complexity index is 409.